The molecule has 0 aliphatic rings. The van der Waals surface area contributed by atoms with Gasteiger partial charge in [0.2, 0.25) is 0 Å². The van der Waals surface area contributed by atoms with Gasteiger partial charge in [0, 0.05) is 5.02 Å². The fraction of sp³-hybridized carbons (Fsp3) is 0.150. The minimum absolute atomic E-state index is 0.211. The molecule has 144 valence electrons. The molecule has 0 aliphatic heterocycles. The van der Waals surface area contributed by atoms with Crippen molar-refractivity contribution in [3.8, 4) is 11.4 Å². The number of nitrogens with zero attached hydrogens (tertiary/aromatic N) is 2. The van der Waals surface area contributed by atoms with Crippen LogP contribution in [-0.4, -0.2) is 28.7 Å². The molecule has 0 fully saturated rings. The van der Waals surface area contributed by atoms with Gasteiger partial charge >= 0.3 is 0 Å². The van der Waals surface area contributed by atoms with Crippen molar-refractivity contribution in [3.05, 3.63) is 76.1 Å². The first-order valence-corrected chi connectivity index (χ1v) is 8.84. The van der Waals surface area contributed by atoms with Crippen LogP contribution in [0, 0.1) is 13.8 Å². The molecule has 8 heteroatoms. The molecule has 28 heavy (non-hydrogen) atoms. The number of hydrazine groups is 1. The molecule has 2 amide bonds. The first kappa shape index (κ1) is 19.4. The van der Waals surface area contributed by atoms with E-state index in [0.717, 1.165) is 11.3 Å². The highest BCUT2D eigenvalue weighted by Gasteiger charge is 2.18. The number of rotatable bonds is 4. The average Bonchev–Trinajstić information content (AvgIpc) is 3.07. The number of hydrogen-bond acceptors (Lipinski definition) is 4. The topological polar surface area (TPSA) is 85.2 Å². The van der Waals surface area contributed by atoms with Crippen molar-refractivity contribution < 1.29 is 14.3 Å². The highest BCUT2D eigenvalue weighted by molar-refractivity contribution is 6.31. The largest absolute Gasteiger partial charge is 0.496 e. The third-order valence-corrected chi connectivity index (χ3v) is 4.43. The van der Waals surface area contributed by atoms with Crippen molar-refractivity contribution >= 4 is 23.4 Å². The highest BCUT2D eigenvalue weighted by atomic mass is 35.5. The van der Waals surface area contributed by atoms with Crippen LogP contribution in [-0.2, 0) is 0 Å². The lowest BCUT2D eigenvalue weighted by Gasteiger charge is -2.11. The molecule has 0 radical (unpaired) electrons. The molecule has 1 heterocycles. The number of aromatic nitrogens is 2. The van der Waals surface area contributed by atoms with E-state index < -0.39 is 11.8 Å². The van der Waals surface area contributed by atoms with Crippen LogP contribution in [0.3, 0.4) is 0 Å². The third kappa shape index (κ3) is 3.99. The second kappa shape index (κ2) is 8.14. The first-order valence-electron chi connectivity index (χ1n) is 8.46. The van der Waals surface area contributed by atoms with Crippen LogP contribution in [0.1, 0.15) is 32.0 Å². The van der Waals surface area contributed by atoms with E-state index in [1.54, 1.807) is 23.7 Å². The van der Waals surface area contributed by atoms with E-state index in [2.05, 4.69) is 16.0 Å². The van der Waals surface area contributed by atoms with E-state index in [1.165, 1.54) is 19.4 Å². The molecular weight excluding hydrogens is 380 g/mol. The number of halogens is 1. The molecule has 0 saturated carbocycles. The molecule has 7 nitrogen and oxygen atoms in total. The zero-order valence-electron chi connectivity index (χ0n) is 15.6. The Kier molecular flexibility index (Phi) is 5.65. The molecule has 0 bridgehead atoms. The number of methoxy groups -OCH3 is 1. The summed E-state index contributed by atoms with van der Waals surface area (Å²) in [4.78, 5) is 24.9. The van der Waals surface area contributed by atoms with Gasteiger partial charge in [-0.05, 0) is 49.7 Å². The smallest absolute Gasteiger partial charge is 0.273 e. The zero-order valence-corrected chi connectivity index (χ0v) is 16.4. The van der Waals surface area contributed by atoms with Gasteiger partial charge in [-0.25, -0.2) is 4.68 Å². The van der Waals surface area contributed by atoms with Gasteiger partial charge in [-0.15, -0.1) is 0 Å². The Bertz CT molecular complexity index is 1050. The van der Waals surface area contributed by atoms with Crippen molar-refractivity contribution in [1.29, 1.82) is 0 Å². The van der Waals surface area contributed by atoms with Crippen LogP contribution >= 0.6 is 11.6 Å². The zero-order chi connectivity index (χ0) is 20.3. The maximum atomic E-state index is 12.5. The summed E-state index contributed by atoms with van der Waals surface area (Å²) in [7, 11) is 1.45. The van der Waals surface area contributed by atoms with Gasteiger partial charge in [0.25, 0.3) is 11.8 Å². The Labute approximate surface area is 167 Å². The number of hydrogen-bond donors (Lipinski definition) is 2. The third-order valence-electron chi connectivity index (χ3n) is 4.20. The van der Waals surface area contributed by atoms with Gasteiger partial charge in [-0.1, -0.05) is 23.7 Å². The Morgan fingerprint density at radius 1 is 1.04 bits per heavy atom. The number of carbonyl (C=O) groups excluding carboxylic acids is 2. The minimum atomic E-state index is -0.545. The van der Waals surface area contributed by atoms with E-state index in [0.29, 0.717) is 22.0 Å². The number of benzene rings is 2. The SMILES string of the molecule is COc1ccc(Cl)cc1C(=O)NNC(=O)c1cnn(-c2cccc(C)c2)c1C. The summed E-state index contributed by atoms with van der Waals surface area (Å²) in [6.07, 6.45) is 1.46. The fourth-order valence-electron chi connectivity index (χ4n) is 2.76. The normalized spacial score (nSPS) is 10.4. The molecule has 2 N–H and O–H groups in total. The lowest BCUT2D eigenvalue weighted by atomic mass is 10.2. The maximum Gasteiger partial charge on any atom is 0.273 e. The second-order valence-electron chi connectivity index (χ2n) is 6.15. The average molecular weight is 399 g/mol. The van der Waals surface area contributed by atoms with Gasteiger partial charge in [0.15, 0.2) is 0 Å². The van der Waals surface area contributed by atoms with Crippen LogP contribution in [0.5, 0.6) is 5.75 Å². The molecular formula is C20H19ClN4O3. The first-order chi connectivity index (χ1) is 13.4. The van der Waals surface area contributed by atoms with Gasteiger partial charge < -0.3 is 4.74 Å². The van der Waals surface area contributed by atoms with Crippen molar-refractivity contribution in [2.45, 2.75) is 13.8 Å². The summed E-state index contributed by atoms with van der Waals surface area (Å²) in [5, 5.41) is 4.66. The molecule has 0 atom stereocenters. The second-order valence-corrected chi connectivity index (χ2v) is 6.58. The van der Waals surface area contributed by atoms with Crippen LogP contribution in [0.4, 0.5) is 0 Å². The Morgan fingerprint density at radius 2 is 1.75 bits per heavy atom. The van der Waals surface area contributed by atoms with Crippen LogP contribution < -0.4 is 15.6 Å². The predicted molar refractivity (Wildman–Crippen MR) is 106 cm³/mol. The van der Waals surface area contributed by atoms with Gasteiger partial charge in [0.05, 0.1) is 35.8 Å². The molecule has 3 rings (SSSR count). The van der Waals surface area contributed by atoms with Gasteiger partial charge in [0.1, 0.15) is 5.75 Å². The number of carbonyl (C=O) groups is 2. The highest BCUT2D eigenvalue weighted by Crippen LogP contribution is 2.22. The van der Waals surface area contributed by atoms with Crippen molar-refractivity contribution in [2.24, 2.45) is 0 Å². The number of ether oxygens (including phenoxy) is 1. The van der Waals surface area contributed by atoms with E-state index in [-0.39, 0.29) is 5.56 Å². The maximum absolute atomic E-state index is 12.5. The summed E-state index contributed by atoms with van der Waals surface area (Å²) in [5.74, 6) is -0.679. The fourth-order valence-corrected chi connectivity index (χ4v) is 2.93. The number of amides is 2. The van der Waals surface area contributed by atoms with Crippen LogP contribution in [0.25, 0.3) is 5.69 Å². The molecule has 0 unspecified atom stereocenters. The van der Waals surface area contributed by atoms with Crippen molar-refractivity contribution in [3.63, 3.8) is 0 Å². The predicted octanol–water partition coefficient (Wildman–Crippen LogP) is 3.23. The molecule has 0 spiro atoms. The van der Waals surface area contributed by atoms with E-state index in [4.69, 9.17) is 16.3 Å². The molecule has 3 aromatic rings. The van der Waals surface area contributed by atoms with Crippen molar-refractivity contribution in [1.82, 2.24) is 20.6 Å². The van der Waals surface area contributed by atoms with E-state index in [1.807, 2.05) is 31.2 Å². The van der Waals surface area contributed by atoms with Gasteiger partial charge in [-0.3, -0.25) is 20.4 Å². The summed E-state index contributed by atoms with van der Waals surface area (Å²) in [5.41, 5.74) is 7.91. The lowest BCUT2D eigenvalue weighted by Crippen LogP contribution is -2.41. The standard InChI is InChI=1S/C20H19ClN4O3/c1-12-5-4-6-15(9-12)25-13(2)17(11-22-25)20(27)24-23-19(26)16-10-14(21)7-8-18(16)28-3/h4-11H,1-3H3,(H,23,26)(H,24,27). The lowest BCUT2D eigenvalue weighted by molar-refractivity contribution is 0.0844. The summed E-state index contributed by atoms with van der Waals surface area (Å²) < 4.78 is 6.82. The summed E-state index contributed by atoms with van der Waals surface area (Å²) >= 11 is 5.94. The number of nitrogens with one attached hydrogen (secondary N) is 2. The number of aryl methyl sites for hydroxylation is 1. The summed E-state index contributed by atoms with van der Waals surface area (Å²) in [6, 6.07) is 12.4. The summed E-state index contributed by atoms with van der Waals surface area (Å²) in [6.45, 7) is 3.77. The van der Waals surface area contributed by atoms with Crippen LogP contribution in [0.2, 0.25) is 5.02 Å². The van der Waals surface area contributed by atoms with E-state index in [9.17, 15) is 9.59 Å². The molecule has 2 aromatic carbocycles. The quantitative estimate of drug-likeness (QED) is 0.661. The van der Waals surface area contributed by atoms with Crippen LogP contribution in [0.15, 0.2) is 48.7 Å². The Morgan fingerprint density at radius 3 is 2.43 bits per heavy atom. The molecule has 1 aromatic heterocycles. The Hall–Kier alpha value is -3.32. The molecule has 0 saturated heterocycles. The van der Waals surface area contributed by atoms with E-state index >= 15 is 0 Å². The Balaban J connectivity index is 1.74. The van der Waals surface area contributed by atoms with Crippen molar-refractivity contribution in [2.75, 3.05) is 7.11 Å². The van der Waals surface area contributed by atoms with Gasteiger partial charge in [-0.2, -0.15) is 5.10 Å². The molecule has 0 aliphatic carbocycles. The minimum Gasteiger partial charge on any atom is -0.496 e. The monoisotopic (exact) mass is 398 g/mol.